The van der Waals surface area contributed by atoms with Gasteiger partial charge in [-0.05, 0) is 33.6 Å². The van der Waals surface area contributed by atoms with Crippen LogP contribution >= 0.6 is 11.3 Å². The fourth-order valence-corrected chi connectivity index (χ4v) is 2.23. The third kappa shape index (κ3) is 4.14. The first kappa shape index (κ1) is 12.4. The van der Waals surface area contributed by atoms with E-state index in [4.69, 9.17) is 0 Å². The van der Waals surface area contributed by atoms with Gasteiger partial charge in [0.15, 0.2) is 0 Å². The molecule has 2 nitrogen and oxygen atoms in total. The van der Waals surface area contributed by atoms with Crippen molar-refractivity contribution in [3.05, 3.63) is 28.2 Å². The molecule has 0 aromatic carbocycles. The summed E-state index contributed by atoms with van der Waals surface area (Å²) in [5.74, 6) is 0. The highest BCUT2D eigenvalue weighted by Gasteiger charge is 2.05. The van der Waals surface area contributed by atoms with Crippen LogP contribution in [0.5, 0.6) is 0 Å². The van der Waals surface area contributed by atoms with Crippen molar-refractivity contribution in [2.45, 2.75) is 46.2 Å². The summed E-state index contributed by atoms with van der Waals surface area (Å²) >= 11 is 1.79. The Morgan fingerprint density at radius 2 is 2.27 bits per heavy atom. The van der Waals surface area contributed by atoms with Gasteiger partial charge in [-0.3, -0.25) is 0 Å². The molecule has 0 radical (unpaired) electrons. The first-order valence-electron chi connectivity index (χ1n) is 5.40. The number of thiazole rings is 1. The Bertz CT molecular complexity index is 298. The first-order chi connectivity index (χ1) is 7.13. The van der Waals surface area contributed by atoms with Crippen LogP contribution in [-0.4, -0.2) is 11.0 Å². The molecule has 0 aliphatic rings. The molecule has 3 heteroatoms. The van der Waals surface area contributed by atoms with Crippen LogP contribution in [-0.2, 0) is 6.54 Å². The Labute approximate surface area is 96.4 Å². The summed E-state index contributed by atoms with van der Waals surface area (Å²) in [5.41, 5.74) is 1.16. The summed E-state index contributed by atoms with van der Waals surface area (Å²) in [7, 11) is 0. The van der Waals surface area contributed by atoms with Gasteiger partial charge in [0.1, 0.15) is 5.01 Å². The van der Waals surface area contributed by atoms with E-state index in [0.29, 0.717) is 6.04 Å². The molecular formula is C12H20N2S. The summed E-state index contributed by atoms with van der Waals surface area (Å²) in [6, 6.07) is 0.535. The van der Waals surface area contributed by atoms with Crippen LogP contribution in [0, 0.1) is 13.8 Å². The van der Waals surface area contributed by atoms with Crippen molar-refractivity contribution >= 4 is 11.3 Å². The van der Waals surface area contributed by atoms with Crippen molar-refractivity contribution in [1.82, 2.24) is 10.3 Å². The number of aromatic nitrogens is 1. The molecule has 1 atom stereocenters. The van der Waals surface area contributed by atoms with E-state index in [2.05, 4.69) is 37.7 Å². The van der Waals surface area contributed by atoms with Gasteiger partial charge in [0.05, 0.1) is 5.69 Å². The largest absolute Gasteiger partial charge is 0.308 e. The molecule has 0 aliphatic heterocycles. The lowest BCUT2D eigenvalue weighted by molar-refractivity contribution is 0.517. The molecule has 0 bridgehead atoms. The summed E-state index contributed by atoms with van der Waals surface area (Å²) in [6.45, 7) is 11.0. The Morgan fingerprint density at radius 1 is 1.53 bits per heavy atom. The molecule has 1 aromatic heterocycles. The van der Waals surface area contributed by atoms with Gasteiger partial charge in [0, 0.05) is 17.5 Å². The van der Waals surface area contributed by atoms with Crippen LogP contribution in [0.1, 0.15) is 35.3 Å². The van der Waals surface area contributed by atoms with Crippen molar-refractivity contribution in [2.75, 3.05) is 0 Å². The van der Waals surface area contributed by atoms with Crippen molar-refractivity contribution < 1.29 is 0 Å². The van der Waals surface area contributed by atoms with Crippen molar-refractivity contribution in [2.24, 2.45) is 0 Å². The maximum atomic E-state index is 4.50. The van der Waals surface area contributed by atoms with Gasteiger partial charge in [0.2, 0.25) is 0 Å². The Morgan fingerprint density at radius 3 is 2.80 bits per heavy atom. The minimum Gasteiger partial charge on any atom is -0.308 e. The first-order valence-corrected chi connectivity index (χ1v) is 6.22. The highest BCUT2D eigenvalue weighted by molar-refractivity contribution is 7.11. The van der Waals surface area contributed by atoms with Gasteiger partial charge < -0.3 is 5.32 Å². The molecule has 1 unspecified atom stereocenters. The number of aryl methyl sites for hydroxylation is 2. The third-order valence-electron chi connectivity index (χ3n) is 2.48. The maximum Gasteiger partial charge on any atom is 0.107 e. The van der Waals surface area contributed by atoms with E-state index in [1.807, 2.05) is 6.08 Å². The lowest BCUT2D eigenvalue weighted by Gasteiger charge is -2.10. The molecule has 0 amide bonds. The average molecular weight is 224 g/mol. The predicted octanol–water partition coefficient (Wildman–Crippen LogP) is 3.20. The van der Waals surface area contributed by atoms with E-state index in [1.165, 1.54) is 9.88 Å². The number of allylic oxidation sites excluding steroid dienone is 1. The standard InChI is InChI=1S/C12H20N2S/c1-5-6-7-9(2)13-8-12-14-10(3)11(4)15-12/h5,9,13H,1,6-8H2,2-4H3. The van der Waals surface area contributed by atoms with Crippen molar-refractivity contribution in [3.8, 4) is 0 Å². The summed E-state index contributed by atoms with van der Waals surface area (Å²) in [5, 5.41) is 4.66. The lowest BCUT2D eigenvalue weighted by Crippen LogP contribution is -2.25. The molecule has 0 spiro atoms. The number of hydrogen-bond acceptors (Lipinski definition) is 3. The highest BCUT2D eigenvalue weighted by Crippen LogP contribution is 2.16. The van der Waals surface area contributed by atoms with E-state index >= 15 is 0 Å². The molecule has 1 heterocycles. The highest BCUT2D eigenvalue weighted by atomic mass is 32.1. The zero-order chi connectivity index (χ0) is 11.3. The second kappa shape index (κ2) is 6.03. The van der Waals surface area contributed by atoms with Crippen LogP contribution in [0.3, 0.4) is 0 Å². The third-order valence-corrected chi connectivity index (χ3v) is 3.55. The van der Waals surface area contributed by atoms with Gasteiger partial charge in [0.25, 0.3) is 0 Å². The predicted molar refractivity (Wildman–Crippen MR) is 67.3 cm³/mol. The minimum absolute atomic E-state index is 0.535. The molecule has 15 heavy (non-hydrogen) atoms. The van der Waals surface area contributed by atoms with E-state index < -0.39 is 0 Å². The van der Waals surface area contributed by atoms with Gasteiger partial charge in [-0.15, -0.1) is 17.9 Å². The topological polar surface area (TPSA) is 24.9 Å². The van der Waals surface area contributed by atoms with Crippen LogP contribution in [0.2, 0.25) is 0 Å². The van der Waals surface area contributed by atoms with Crippen LogP contribution < -0.4 is 5.32 Å². The van der Waals surface area contributed by atoms with Gasteiger partial charge in [-0.1, -0.05) is 6.08 Å². The summed E-state index contributed by atoms with van der Waals surface area (Å²) in [4.78, 5) is 5.82. The van der Waals surface area contributed by atoms with E-state index in [-0.39, 0.29) is 0 Å². The molecule has 1 N–H and O–H groups in total. The minimum atomic E-state index is 0.535. The normalized spacial score (nSPS) is 12.7. The molecule has 0 saturated heterocycles. The van der Waals surface area contributed by atoms with Crippen LogP contribution in [0.25, 0.3) is 0 Å². The molecule has 1 aromatic rings. The van der Waals surface area contributed by atoms with Gasteiger partial charge >= 0.3 is 0 Å². The Hall–Kier alpha value is -0.670. The SMILES string of the molecule is C=CCCC(C)NCc1nc(C)c(C)s1. The zero-order valence-corrected chi connectivity index (χ0v) is 10.7. The number of hydrogen-bond donors (Lipinski definition) is 1. The molecule has 0 saturated carbocycles. The molecule has 84 valence electrons. The Balaban J connectivity index is 2.33. The summed E-state index contributed by atoms with van der Waals surface area (Å²) < 4.78 is 0. The maximum absolute atomic E-state index is 4.50. The van der Waals surface area contributed by atoms with E-state index in [0.717, 1.165) is 25.1 Å². The van der Waals surface area contributed by atoms with E-state index in [9.17, 15) is 0 Å². The summed E-state index contributed by atoms with van der Waals surface area (Å²) in [6.07, 6.45) is 4.19. The number of nitrogens with zero attached hydrogens (tertiary/aromatic N) is 1. The molecular weight excluding hydrogens is 204 g/mol. The van der Waals surface area contributed by atoms with Crippen molar-refractivity contribution in [3.63, 3.8) is 0 Å². The van der Waals surface area contributed by atoms with Gasteiger partial charge in [-0.25, -0.2) is 4.98 Å². The zero-order valence-electron chi connectivity index (χ0n) is 9.84. The smallest absolute Gasteiger partial charge is 0.107 e. The number of nitrogens with one attached hydrogen (secondary N) is 1. The fourth-order valence-electron chi connectivity index (χ4n) is 1.35. The second-order valence-corrected chi connectivity index (χ2v) is 5.18. The Kier molecular flexibility index (Phi) is 4.99. The molecule has 0 fully saturated rings. The molecule has 0 aliphatic carbocycles. The lowest BCUT2D eigenvalue weighted by atomic mass is 10.2. The fraction of sp³-hybridized carbons (Fsp3) is 0.583. The quantitative estimate of drug-likeness (QED) is 0.751. The van der Waals surface area contributed by atoms with E-state index in [1.54, 1.807) is 11.3 Å². The molecule has 1 rings (SSSR count). The average Bonchev–Trinajstić information content (AvgIpc) is 2.52. The monoisotopic (exact) mass is 224 g/mol. The van der Waals surface area contributed by atoms with Crippen LogP contribution in [0.15, 0.2) is 12.7 Å². The second-order valence-electron chi connectivity index (χ2n) is 3.90. The van der Waals surface area contributed by atoms with Gasteiger partial charge in [-0.2, -0.15) is 0 Å². The number of rotatable bonds is 6. The van der Waals surface area contributed by atoms with Crippen molar-refractivity contribution in [1.29, 1.82) is 0 Å². The van der Waals surface area contributed by atoms with Crippen LogP contribution in [0.4, 0.5) is 0 Å².